The molecule has 1 unspecified atom stereocenters. The van der Waals surface area contributed by atoms with Gasteiger partial charge in [-0.1, -0.05) is 35.9 Å². The minimum Gasteiger partial charge on any atom is -0.508 e. The van der Waals surface area contributed by atoms with Crippen LogP contribution in [0.25, 0.3) is 0 Å². The lowest BCUT2D eigenvalue weighted by Crippen LogP contribution is -2.15. The van der Waals surface area contributed by atoms with Gasteiger partial charge in [0.05, 0.1) is 0 Å². The van der Waals surface area contributed by atoms with E-state index < -0.39 is 0 Å². The highest BCUT2D eigenvalue weighted by molar-refractivity contribution is 6.30. The first-order chi connectivity index (χ1) is 9.06. The molecular formula is C15H15ClN2O. The van der Waals surface area contributed by atoms with Crippen LogP contribution < -0.4 is 5.73 Å². The Morgan fingerprint density at radius 3 is 2.53 bits per heavy atom. The molecule has 0 bridgehead atoms. The fourth-order valence-electron chi connectivity index (χ4n) is 1.86. The van der Waals surface area contributed by atoms with Gasteiger partial charge in [-0.15, -0.1) is 0 Å². The molecule has 0 aliphatic rings. The molecule has 19 heavy (non-hydrogen) atoms. The van der Waals surface area contributed by atoms with Crippen molar-refractivity contribution in [2.24, 2.45) is 5.73 Å². The molecule has 2 aromatic carbocycles. The van der Waals surface area contributed by atoms with Crippen molar-refractivity contribution in [3.63, 3.8) is 0 Å². The standard InChI is InChI=1S/C15H15ClN2O/c16-12-6-4-10(5-7-12)14(17)9-15(18)11-2-1-3-13(19)8-11/h1-8,15,17,19H,9,18H2. The Bertz CT molecular complexity index is 581. The van der Waals surface area contributed by atoms with Gasteiger partial charge in [-0.3, -0.25) is 0 Å². The maximum atomic E-state index is 9.42. The Hall–Kier alpha value is -1.84. The van der Waals surface area contributed by atoms with Crippen molar-refractivity contribution in [3.8, 4) is 5.75 Å². The summed E-state index contributed by atoms with van der Waals surface area (Å²) in [6.45, 7) is 0. The topological polar surface area (TPSA) is 70.1 Å². The SMILES string of the molecule is N=C(CC(N)c1cccc(O)c1)c1ccc(Cl)cc1. The summed E-state index contributed by atoms with van der Waals surface area (Å²) in [7, 11) is 0. The van der Waals surface area contributed by atoms with Crippen molar-refractivity contribution in [1.29, 1.82) is 5.41 Å². The molecule has 0 saturated carbocycles. The molecule has 4 N–H and O–H groups in total. The number of hydrogen-bond donors (Lipinski definition) is 3. The zero-order valence-corrected chi connectivity index (χ0v) is 11.1. The summed E-state index contributed by atoms with van der Waals surface area (Å²) in [5.74, 6) is 0.186. The van der Waals surface area contributed by atoms with E-state index in [1.165, 1.54) is 0 Å². The number of nitrogens with one attached hydrogen (secondary N) is 1. The summed E-state index contributed by atoms with van der Waals surface area (Å²) in [4.78, 5) is 0. The van der Waals surface area contributed by atoms with Crippen molar-refractivity contribution in [2.45, 2.75) is 12.5 Å². The summed E-state index contributed by atoms with van der Waals surface area (Å²) < 4.78 is 0. The quantitative estimate of drug-likeness (QED) is 0.747. The van der Waals surface area contributed by atoms with Crippen molar-refractivity contribution in [3.05, 3.63) is 64.7 Å². The number of phenolic OH excluding ortho intramolecular Hbond substituents is 1. The van der Waals surface area contributed by atoms with E-state index in [1.807, 2.05) is 6.07 Å². The molecule has 0 radical (unpaired) electrons. The summed E-state index contributed by atoms with van der Waals surface area (Å²) >= 11 is 5.81. The van der Waals surface area contributed by atoms with Gasteiger partial charge in [0.25, 0.3) is 0 Å². The number of phenols is 1. The smallest absolute Gasteiger partial charge is 0.115 e. The van der Waals surface area contributed by atoms with Crippen LogP contribution in [-0.4, -0.2) is 10.8 Å². The monoisotopic (exact) mass is 274 g/mol. The molecular weight excluding hydrogens is 260 g/mol. The van der Waals surface area contributed by atoms with E-state index in [1.54, 1.807) is 42.5 Å². The maximum absolute atomic E-state index is 9.42. The van der Waals surface area contributed by atoms with E-state index in [9.17, 15) is 5.11 Å². The molecule has 3 nitrogen and oxygen atoms in total. The van der Waals surface area contributed by atoms with Gasteiger partial charge in [0.15, 0.2) is 0 Å². The molecule has 0 amide bonds. The summed E-state index contributed by atoms with van der Waals surface area (Å²) in [5, 5.41) is 18.1. The highest BCUT2D eigenvalue weighted by atomic mass is 35.5. The van der Waals surface area contributed by atoms with Crippen LogP contribution in [0.2, 0.25) is 5.02 Å². The number of benzene rings is 2. The normalized spacial score (nSPS) is 12.1. The van der Waals surface area contributed by atoms with E-state index >= 15 is 0 Å². The number of halogens is 1. The van der Waals surface area contributed by atoms with Crippen LogP contribution in [0.15, 0.2) is 48.5 Å². The van der Waals surface area contributed by atoms with Gasteiger partial charge in [0.2, 0.25) is 0 Å². The lowest BCUT2D eigenvalue weighted by atomic mass is 9.98. The average Bonchev–Trinajstić information content (AvgIpc) is 2.39. The van der Waals surface area contributed by atoms with E-state index in [0.29, 0.717) is 17.2 Å². The number of hydrogen-bond acceptors (Lipinski definition) is 3. The Morgan fingerprint density at radius 2 is 1.89 bits per heavy atom. The van der Waals surface area contributed by atoms with Gasteiger partial charge < -0.3 is 16.2 Å². The Kier molecular flexibility index (Phi) is 4.20. The van der Waals surface area contributed by atoms with Crippen molar-refractivity contribution >= 4 is 17.3 Å². The van der Waals surface area contributed by atoms with Gasteiger partial charge in [-0.25, -0.2) is 0 Å². The largest absolute Gasteiger partial charge is 0.508 e. The molecule has 0 saturated heterocycles. The molecule has 0 aliphatic heterocycles. The first kappa shape index (κ1) is 13.6. The second kappa shape index (κ2) is 5.87. The first-order valence-corrected chi connectivity index (χ1v) is 6.32. The van der Waals surface area contributed by atoms with E-state index in [-0.39, 0.29) is 11.8 Å². The first-order valence-electron chi connectivity index (χ1n) is 5.94. The fraction of sp³-hybridized carbons (Fsp3) is 0.133. The van der Waals surface area contributed by atoms with Gasteiger partial charge >= 0.3 is 0 Å². The molecule has 4 heteroatoms. The highest BCUT2D eigenvalue weighted by Crippen LogP contribution is 2.21. The summed E-state index contributed by atoms with van der Waals surface area (Å²) in [6, 6.07) is 13.6. The minimum absolute atomic E-state index is 0.186. The van der Waals surface area contributed by atoms with Gasteiger partial charge in [0, 0.05) is 23.2 Å². The molecule has 0 fully saturated rings. The Labute approximate surface area is 117 Å². The van der Waals surface area contributed by atoms with Gasteiger partial charge in [-0.2, -0.15) is 0 Å². The molecule has 98 valence electrons. The summed E-state index contributed by atoms with van der Waals surface area (Å²) in [5.41, 5.74) is 8.13. The predicted octanol–water partition coefficient (Wildman–Crippen LogP) is 3.50. The van der Waals surface area contributed by atoms with Crippen LogP contribution in [0.4, 0.5) is 0 Å². The van der Waals surface area contributed by atoms with Gasteiger partial charge in [-0.05, 0) is 35.4 Å². The van der Waals surface area contributed by atoms with Crippen LogP contribution in [0.3, 0.4) is 0 Å². The number of rotatable bonds is 4. The molecule has 1 atom stereocenters. The molecule has 0 aromatic heterocycles. The van der Waals surface area contributed by atoms with Crippen molar-refractivity contribution in [1.82, 2.24) is 0 Å². The third-order valence-electron chi connectivity index (χ3n) is 2.92. The molecule has 0 aliphatic carbocycles. The lowest BCUT2D eigenvalue weighted by molar-refractivity contribution is 0.473. The van der Waals surface area contributed by atoms with E-state index in [4.69, 9.17) is 22.7 Å². The number of aromatic hydroxyl groups is 1. The zero-order chi connectivity index (χ0) is 13.8. The maximum Gasteiger partial charge on any atom is 0.115 e. The second-order valence-corrected chi connectivity index (χ2v) is 4.83. The lowest BCUT2D eigenvalue weighted by Gasteiger charge is -2.13. The highest BCUT2D eigenvalue weighted by Gasteiger charge is 2.11. The molecule has 2 rings (SSSR count). The van der Waals surface area contributed by atoms with Crippen molar-refractivity contribution < 1.29 is 5.11 Å². The average molecular weight is 275 g/mol. The van der Waals surface area contributed by atoms with Crippen LogP contribution >= 0.6 is 11.6 Å². The number of nitrogens with two attached hydrogens (primary N) is 1. The third kappa shape index (κ3) is 3.56. The third-order valence-corrected chi connectivity index (χ3v) is 3.17. The summed E-state index contributed by atoms with van der Waals surface area (Å²) in [6.07, 6.45) is 0.408. The predicted molar refractivity (Wildman–Crippen MR) is 77.9 cm³/mol. The van der Waals surface area contributed by atoms with Crippen LogP contribution in [0, 0.1) is 5.41 Å². The zero-order valence-electron chi connectivity index (χ0n) is 10.3. The van der Waals surface area contributed by atoms with Crippen LogP contribution in [0.1, 0.15) is 23.6 Å². The second-order valence-electron chi connectivity index (χ2n) is 4.39. The minimum atomic E-state index is -0.310. The Balaban J connectivity index is 2.08. The van der Waals surface area contributed by atoms with Gasteiger partial charge in [0.1, 0.15) is 5.75 Å². The molecule has 2 aromatic rings. The Morgan fingerprint density at radius 1 is 1.21 bits per heavy atom. The van der Waals surface area contributed by atoms with Crippen molar-refractivity contribution in [2.75, 3.05) is 0 Å². The molecule has 0 heterocycles. The molecule has 0 spiro atoms. The fourth-order valence-corrected chi connectivity index (χ4v) is 1.99. The van der Waals surface area contributed by atoms with E-state index in [0.717, 1.165) is 11.1 Å². The van der Waals surface area contributed by atoms with E-state index in [2.05, 4.69) is 0 Å². The van der Waals surface area contributed by atoms with Crippen LogP contribution in [0.5, 0.6) is 5.75 Å². The van der Waals surface area contributed by atoms with Crippen LogP contribution in [-0.2, 0) is 0 Å².